The number of para-hydroxylation sites is 3. The van der Waals surface area contributed by atoms with Crippen molar-refractivity contribution in [3.05, 3.63) is 59.0 Å². The van der Waals surface area contributed by atoms with Gasteiger partial charge in [0.05, 0.1) is 16.7 Å². The fourth-order valence-corrected chi connectivity index (χ4v) is 3.31. The second-order valence-electron chi connectivity index (χ2n) is 5.48. The van der Waals surface area contributed by atoms with Gasteiger partial charge in [0, 0.05) is 24.9 Å². The molecule has 1 heterocycles. The molecule has 0 fully saturated rings. The summed E-state index contributed by atoms with van der Waals surface area (Å²) < 4.78 is 3.26. The maximum Gasteiger partial charge on any atom is 0.328 e. The number of aryl methyl sites for hydroxylation is 2. The second-order valence-corrected chi connectivity index (χ2v) is 6.33. The number of hydrogen-bond acceptors (Lipinski definition) is 3. The van der Waals surface area contributed by atoms with Crippen molar-refractivity contribution in [1.82, 2.24) is 9.13 Å². The molecule has 5 nitrogen and oxygen atoms in total. The fourth-order valence-electron chi connectivity index (χ4n) is 2.75. The number of anilines is 1. The summed E-state index contributed by atoms with van der Waals surface area (Å²) in [7, 11) is 1.75. The zero-order valence-corrected chi connectivity index (χ0v) is 14.5. The van der Waals surface area contributed by atoms with Crippen LogP contribution in [0.2, 0.25) is 0 Å². The van der Waals surface area contributed by atoms with Crippen LogP contribution in [0.1, 0.15) is 6.42 Å². The predicted molar refractivity (Wildman–Crippen MR) is 98.6 cm³/mol. The van der Waals surface area contributed by atoms with Crippen LogP contribution in [0, 0.1) is 0 Å². The third-order valence-corrected chi connectivity index (χ3v) is 4.79. The lowest BCUT2D eigenvalue weighted by Gasteiger charge is -2.09. The first-order valence-corrected chi connectivity index (χ1v) is 8.91. The first-order chi connectivity index (χ1) is 11.6. The Morgan fingerprint density at radius 3 is 2.50 bits per heavy atom. The zero-order valence-electron chi connectivity index (χ0n) is 13.7. The van der Waals surface area contributed by atoms with Crippen molar-refractivity contribution < 1.29 is 4.79 Å². The van der Waals surface area contributed by atoms with Gasteiger partial charge in [-0.1, -0.05) is 24.3 Å². The molecule has 1 aromatic heterocycles. The summed E-state index contributed by atoms with van der Waals surface area (Å²) in [5, 5.41) is 2.92. The minimum absolute atomic E-state index is 0.101. The predicted octanol–water partition coefficient (Wildman–Crippen LogP) is 3.09. The first kappa shape index (κ1) is 16.4. The highest BCUT2D eigenvalue weighted by Crippen LogP contribution is 2.24. The fraction of sp³-hybridized carbons (Fsp3) is 0.222. The molecule has 0 saturated carbocycles. The summed E-state index contributed by atoms with van der Waals surface area (Å²) in [4.78, 5) is 25.6. The number of amides is 1. The van der Waals surface area contributed by atoms with Gasteiger partial charge in [-0.15, -0.1) is 11.8 Å². The molecule has 0 unspecified atom stereocenters. The minimum atomic E-state index is -0.103. The molecule has 0 aliphatic heterocycles. The maximum absolute atomic E-state index is 12.4. The van der Waals surface area contributed by atoms with Gasteiger partial charge in [-0.05, 0) is 30.5 Å². The smallest absolute Gasteiger partial charge is 0.325 e. The van der Waals surface area contributed by atoms with Crippen LogP contribution in [0.5, 0.6) is 0 Å². The molecule has 3 rings (SSSR count). The Hall–Kier alpha value is -2.47. The molecule has 3 aromatic rings. The summed E-state index contributed by atoms with van der Waals surface area (Å²) in [6, 6.07) is 15.3. The van der Waals surface area contributed by atoms with Crippen LogP contribution < -0.4 is 11.0 Å². The van der Waals surface area contributed by atoms with Crippen LogP contribution in [-0.4, -0.2) is 21.3 Å². The van der Waals surface area contributed by atoms with Gasteiger partial charge in [0.2, 0.25) is 5.91 Å². The molecule has 0 bridgehead atoms. The van der Waals surface area contributed by atoms with E-state index in [9.17, 15) is 9.59 Å². The van der Waals surface area contributed by atoms with E-state index in [1.54, 1.807) is 27.9 Å². The number of nitrogens with one attached hydrogen (secondary N) is 1. The molecule has 6 heteroatoms. The number of benzene rings is 2. The minimum Gasteiger partial charge on any atom is -0.325 e. The lowest BCUT2D eigenvalue weighted by atomic mass is 10.3. The van der Waals surface area contributed by atoms with E-state index in [1.165, 1.54) is 0 Å². The van der Waals surface area contributed by atoms with Crippen molar-refractivity contribution in [2.75, 3.05) is 11.6 Å². The number of hydrogen-bond donors (Lipinski definition) is 1. The maximum atomic E-state index is 12.4. The van der Waals surface area contributed by atoms with Crippen molar-refractivity contribution in [1.29, 1.82) is 0 Å². The van der Waals surface area contributed by atoms with E-state index >= 15 is 0 Å². The zero-order chi connectivity index (χ0) is 17.1. The third kappa shape index (κ3) is 3.10. The SMILES string of the molecule is CSc1ccccc1NC(=O)CCn1c(=O)n(C)c2ccccc21. The van der Waals surface area contributed by atoms with E-state index < -0.39 is 0 Å². The van der Waals surface area contributed by atoms with Crippen molar-refractivity contribution in [2.24, 2.45) is 7.05 Å². The molecule has 0 aliphatic rings. The molecular formula is C18H19N3O2S. The molecule has 2 aromatic carbocycles. The van der Waals surface area contributed by atoms with Crippen LogP contribution in [0.25, 0.3) is 11.0 Å². The monoisotopic (exact) mass is 341 g/mol. The lowest BCUT2D eigenvalue weighted by molar-refractivity contribution is -0.116. The Morgan fingerprint density at radius 1 is 1.08 bits per heavy atom. The Bertz CT molecular complexity index is 943. The van der Waals surface area contributed by atoms with Gasteiger partial charge >= 0.3 is 5.69 Å². The van der Waals surface area contributed by atoms with E-state index in [1.807, 2.05) is 54.8 Å². The molecule has 0 spiro atoms. The highest BCUT2D eigenvalue weighted by molar-refractivity contribution is 7.98. The van der Waals surface area contributed by atoms with Gasteiger partial charge in [-0.25, -0.2) is 4.79 Å². The standard InChI is InChI=1S/C18H19N3O2S/c1-20-14-8-4-5-9-15(14)21(18(20)23)12-11-17(22)19-13-7-3-6-10-16(13)24-2/h3-10H,11-12H2,1-2H3,(H,19,22). The highest BCUT2D eigenvalue weighted by atomic mass is 32.2. The van der Waals surface area contributed by atoms with Crippen LogP contribution in [0.15, 0.2) is 58.2 Å². The van der Waals surface area contributed by atoms with Gasteiger partial charge in [0.1, 0.15) is 0 Å². The quantitative estimate of drug-likeness (QED) is 0.726. The Balaban J connectivity index is 1.76. The summed E-state index contributed by atoms with van der Waals surface area (Å²) in [5.74, 6) is -0.101. The normalized spacial score (nSPS) is 10.9. The van der Waals surface area contributed by atoms with Crippen LogP contribution >= 0.6 is 11.8 Å². The number of rotatable bonds is 5. The summed E-state index contributed by atoms with van der Waals surface area (Å²) >= 11 is 1.59. The molecule has 1 amide bonds. The van der Waals surface area contributed by atoms with E-state index in [-0.39, 0.29) is 18.0 Å². The molecule has 0 radical (unpaired) electrons. The van der Waals surface area contributed by atoms with Crippen LogP contribution in [-0.2, 0) is 18.4 Å². The Labute approximate surface area is 144 Å². The van der Waals surface area contributed by atoms with Gasteiger partial charge in [-0.2, -0.15) is 0 Å². The number of thioether (sulfide) groups is 1. The van der Waals surface area contributed by atoms with Gasteiger partial charge in [0.15, 0.2) is 0 Å². The number of imidazole rings is 1. The third-order valence-electron chi connectivity index (χ3n) is 4.00. The molecule has 24 heavy (non-hydrogen) atoms. The summed E-state index contributed by atoms with van der Waals surface area (Å²) in [6.07, 6.45) is 2.22. The molecule has 0 aliphatic carbocycles. The van der Waals surface area contributed by atoms with Crippen LogP contribution in [0.4, 0.5) is 5.69 Å². The molecular weight excluding hydrogens is 322 g/mol. The van der Waals surface area contributed by atoms with E-state index in [0.717, 1.165) is 21.6 Å². The van der Waals surface area contributed by atoms with Crippen molar-refractivity contribution in [3.63, 3.8) is 0 Å². The number of aromatic nitrogens is 2. The molecule has 0 saturated heterocycles. The van der Waals surface area contributed by atoms with Crippen molar-refractivity contribution in [2.45, 2.75) is 17.9 Å². The number of carbonyl (C=O) groups is 1. The molecule has 1 N–H and O–H groups in total. The van der Waals surface area contributed by atoms with Gasteiger partial charge in [-0.3, -0.25) is 13.9 Å². The van der Waals surface area contributed by atoms with E-state index in [4.69, 9.17) is 0 Å². The largest absolute Gasteiger partial charge is 0.328 e. The molecule has 124 valence electrons. The average molecular weight is 341 g/mol. The highest BCUT2D eigenvalue weighted by Gasteiger charge is 2.12. The Morgan fingerprint density at radius 2 is 1.75 bits per heavy atom. The van der Waals surface area contributed by atoms with Crippen LogP contribution in [0.3, 0.4) is 0 Å². The number of nitrogens with zero attached hydrogens (tertiary/aromatic N) is 2. The van der Waals surface area contributed by atoms with E-state index in [0.29, 0.717) is 6.54 Å². The number of fused-ring (bicyclic) bond motifs is 1. The average Bonchev–Trinajstić information content (AvgIpc) is 2.85. The van der Waals surface area contributed by atoms with Crippen molar-refractivity contribution >= 4 is 34.4 Å². The number of carbonyl (C=O) groups excluding carboxylic acids is 1. The van der Waals surface area contributed by atoms with Crippen molar-refractivity contribution in [3.8, 4) is 0 Å². The van der Waals surface area contributed by atoms with E-state index in [2.05, 4.69) is 5.32 Å². The summed E-state index contributed by atoms with van der Waals surface area (Å²) in [5.41, 5.74) is 2.42. The topological polar surface area (TPSA) is 56.0 Å². The molecule has 0 atom stereocenters. The lowest BCUT2D eigenvalue weighted by Crippen LogP contribution is -2.24. The van der Waals surface area contributed by atoms with Gasteiger partial charge in [0.25, 0.3) is 0 Å². The first-order valence-electron chi connectivity index (χ1n) is 7.69. The second kappa shape index (κ2) is 6.97. The summed E-state index contributed by atoms with van der Waals surface area (Å²) in [6.45, 7) is 0.355. The van der Waals surface area contributed by atoms with Gasteiger partial charge < -0.3 is 5.32 Å². The Kier molecular flexibility index (Phi) is 4.76.